The third-order valence-electron chi connectivity index (χ3n) is 5.59. The van der Waals surface area contributed by atoms with E-state index in [2.05, 4.69) is 28.6 Å². The number of hydrogen-bond donors (Lipinski definition) is 1. The number of fused-ring (bicyclic) bond motifs is 1. The number of hydrogen-bond acceptors (Lipinski definition) is 5. The van der Waals surface area contributed by atoms with Crippen molar-refractivity contribution in [2.75, 3.05) is 31.5 Å². The highest BCUT2D eigenvalue weighted by molar-refractivity contribution is 7.89. The molecule has 8 heteroatoms. The fourth-order valence-corrected chi connectivity index (χ4v) is 6.43. The second-order valence-electron chi connectivity index (χ2n) is 7.38. The maximum absolute atomic E-state index is 12.6. The first kappa shape index (κ1) is 19.6. The molecule has 2 aliphatic heterocycles. The van der Waals surface area contributed by atoms with Crippen LogP contribution in [0.2, 0.25) is 0 Å². The lowest BCUT2D eigenvalue weighted by atomic mass is 10.0. The van der Waals surface area contributed by atoms with Crippen molar-refractivity contribution in [3.05, 3.63) is 46.2 Å². The second-order valence-corrected chi connectivity index (χ2v) is 10.3. The lowest BCUT2D eigenvalue weighted by Gasteiger charge is -2.32. The van der Waals surface area contributed by atoms with Crippen molar-refractivity contribution >= 4 is 33.0 Å². The number of benzene rings is 1. The molecule has 1 amide bonds. The summed E-state index contributed by atoms with van der Waals surface area (Å²) in [6.45, 7) is 4.50. The third-order valence-corrected chi connectivity index (χ3v) is 8.50. The molecular formula is C20H25N3O3S2. The van der Waals surface area contributed by atoms with Crippen molar-refractivity contribution in [2.24, 2.45) is 0 Å². The molecule has 0 unspecified atom stereocenters. The molecule has 0 spiro atoms. The Hall–Kier alpha value is -1.74. The number of thiophene rings is 1. The summed E-state index contributed by atoms with van der Waals surface area (Å²) >= 11 is 1.79. The zero-order valence-electron chi connectivity index (χ0n) is 15.9. The molecule has 0 bridgehead atoms. The number of amides is 1. The number of sulfonamides is 1. The van der Waals surface area contributed by atoms with Crippen LogP contribution in [0.15, 0.2) is 40.6 Å². The Labute approximate surface area is 170 Å². The third kappa shape index (κ3) is 3.87. The van der Waals surface area contributed by atoms with Gasteiger partial charge in [0.25, 0.3) is 0 Å². The molecule has 0 radical (unpaired) electrons. The van der Waals surface area contributed by atoms with Crippen LogP contribution in [0.1, 0.15) is 36.2 Å². The molecule has 2 aromatic rings. The maximum atomic E-state index is 12.6. The topological polar surface area (TPSA) is 69.7 Å². The highest BCUT2D eigenvalue weighted by atomic mass is 32.2. The van der Waals surface area contributed by atoms with Crippen LogP contribution in [0.5, 0.6) is 0 Å². The van der Waals surface area contributed by atoms with E-state index in [4.69, 9.17) is 0 Å². The molecule has 4 rings (SSSR count). The Morgan fingerprint density at radius 1 is 1.14 bits per heavy atom. The van der Waals surface area contributed by atoms with Crippen LogP contribution in [-0.4, -0.2) is 49.7 Å². The monoisotopic (exact) mass is 419 g/mol. The van der Waals surface area contributed by atoms with Gasteiger partial charge >= 0.3 is 0 Å². The smallest absolute Gasteiger partial charge is 0.243 e. The van der Waals surface area contributed by atoms with E-state index in [1.807, 2.05) is 0 Å². The lowest BCUT2D eigenvalue weighted by molar-refractivity contribution is -0.117. The van der Waals surface area contributed by atoms with Crippen molar-refractivity contribution in [3.8, 4) is 0 Å². The maximum Gasteiger partial charge on any atom is 0.243 e. The van der Waals surface area contributed by atoms with Crippen molar-refractivity contribution in [2.45, 2.75) is 37.1 Å². The minimum absolute atomic E-state index is 0.0827. The van der Waals surface area contributed by atoms with Gasteiger partial charge in [-0.3, -0.25) is 9.69 Å². The first-order valence-corrected chi connectivity index (χ1v) is 12.0. The Morgan fingerprint density at radius 2 is 1.86 bits per heavy atom. The predicted octanol–water partition coefficient (Wildman–Crippen LogP) is 3.09. The van der Waals surface area contributed by atoms with Crippen LogP contribution >= 0.6 is 11.3 Å². The van der Waals surface area contributed by atoms with Gasteiger partial charge < -0.3 is 5.32 Å². The number of carbonyl (C=O) groups is 1. The normalized spacial score (nSPS) is 20.8. The SMILES string of the molecule is C[C@H]1c2ccsc2CCN1CC(=O)Nc1ccc(S(=O)(=O)N2CCCC2)cc1. The number of rotatable bonds is 5. The lowest BCUT2D eigenvalue weighted by Crippen LogP contribution is -2.39. The van der Waals surface area contributed by atoms with Crippen LogP contribution in [0.25, 0.3) is 0 Å². The summed E-state index contributed by atoms with van der Waals surface area (Å²) in [6.07, 6.45) is 2.80. The number of carbonyl (C=O) groups excluding carboxylic acids is 1. The minimum Gasteiger partial charge on any atom is -0.325 e. The average molecular weight is 420 g/mol. The molecule has 1 aromatic carbocycles. The summed E-state index contributed by atoms with van der Waals surface area (Å²) in [5, 5.41) is 5.00. The molecule has 0 aliphatic carbocycles. The molecule has 1 aromatic heterocycles. The van der Waals surface area contributed by atoms with Gasteiger partial charge in [-0.05, 0) is 67.5 Å². The Morgan fingerprint density at radius 3 is 2.57 bits per heavy atom. The molecule has 3 heterocycles. The molecule has 6 nitrogen and oxygen atoms in total. The van der Waals surface area contributed by atoms with Gasteiger partial charge in [-0.1, -0.05) is 0 Å². The summed E-state index contributed by atoms with van der Waals surface area (Å²) in [5.41, 5.74) is 1.94. The van der Waals surface area contributed by atoms with E-state index in [-0.39, 0.29) is 16.8 Å². The van der Waals surface area contributed by atoms with E-state index in [0.29, 0.717) is 25.3 Å². The van der Waals surface area contributed by atoms with E-state index >= 15 is 0 Å². The first-order chi connectivity index (χ1) is 13.4. The van der Waals surface area contributed by atoms with Crippen LogP contribution < -0.4 is 5.32 Å². The molecule has 28 heavy (non-hydrogen) atoms. The van der Waals surface area contributed by atoms with Gasteiger partial charge in [0.2, 0.25) is 15.9 Å². The van der Waals surface area contributed by atoms with Crippen LogP contribution in [0.4, 0.5) is 5.69 Å². The van der Waals surface area contributed by atoms with Crippen LogP contribution in [-0.2, 0) is 21.2 Å². The van der Waals surface area contributed by atoms with E-state index in [1.54, 1.807) is 35.6 Å². The largest absolute Gasteiger partial charge is 0.325 e. The first-order valence-electron chi connectivity index (χ1n) is 9.65. The molecule has 1 N–H and O–H groups in total. The quantitative estimate of drug-likeness (QED) is 0.809. The van der Waals surface area contributed by atoms with Crippen molar-refractivity contribution < 1.29 is 13.2 Å². The fourth-order valence-electron chi connectivity index (χ4n) is 3.95. The molecule has 1 fully saturated rings. The van der Waals surface area contributed by atoms with Crippen molar-refractivity contribution in [3.63, 3.8) is 0 Å². The van der Waals surface area contributed by atoms with Gasteiger partial charge in [-0.15, -0.1) is 11.3 Å². The molecule has 2 aliphatic rings. The minimum atomic E-state index is -3.42. The van der Waals surface area contributed by atoms with Crippen molar-refractivity contribution in [1.82, 2.24) is 9.21 Å². The average Bonchev–Trinajstić information content (AvgIpc) is 3.36. The number of nitrogens with zero attached hydrogens (tertiary/aromatic N) is 2. The standard InChI is InChI=1S/C20H25N3O3S2/c1-15-18-9-13-27-19(18)8-12-22(15)14-20(24)21-16-4-6-17(7-5-16)28(25,26)23-10-2-3-11-23/h4-7,9,13,15H,2-3,8,10-12,14H2,1H3,(H,21,24)/t15-/m0/s1. The van der Waals surface area contributed by atoms with Gasteiger partial charge in [0.15, 0.2) is 0 Å². The summed E-state index contributed by atoms with van der Waals surface area (Å²) in [7, 11) is -3.42. The zero-order chi connectivity index (χ0) is 19.7. The van der Waals surface area contributed by atoms with Gasteiger partial charge in [-0.2, -0.15) is 4.31 Å². The van der Waals surface area contributed by atoms with Crippen LogP contribution in [0.3, 0.4) is 0 Å². The summed E-state index contributed by atoms with van der Waals surface area (Å²) in [6, 6.07) is 8.85. The molecule has 1 atom stereocenters. The van der Waals surface area contributed by atoms with Crippen LogP contribution in [0, 0.1) is 0 Å². The Kier molecular flexibility index (Phi) is 5.55. The molecule has 1 saturated heterocycles. The zero-order valence-corrected chi connectivity index (χ0v) is 17.6. The molecular weight excluding hydrogens is 394 g/mol. The van der Waals surface area contributed by atoms with E-state index < -0.39 is 10.0 Å². The summed E-state index contributed by atoms with van der Waals surface area (Å²) in [4.78, 5) is 16.4. The predicted molar refractivity (Wildman–Crippen MR) is 111 cm³/mol. The Bertz CT molecular complexity index is 947. The number of anilines is 1. The van der Waals surface area contributed by atoms with Gasteiger partial charge in [-0.25, -0.2) is 8.42 Å². The highest BCUT2D eigenvalue weighted by Crippen LogP contribution is 2.32. The highest BCUT2D eigenvalue weighted by Gasteiger charge is 2.28. The van der Waals surface area contributed by atoms with Crippen molar-refractivity contribution in [1.29, 1.82) is 0 Å². The van der Waals surface area contributed by atoms with Gasteiger partial charge in [0.1, 0.15) is 0 Å². The molecule has 0 saturated carbocycles. The van der Waals surface area contributed by atoms with Gasteiger partial charge in [0, 0.05) is 36.2 Å². The van der Waals surface area contributed by atoms with Gasteiger partial charge in [0.05, 0.1) is 11.4 Å². The van der Waals surface area contributed by atoms with E-state index in [1.165, 1.54) is 14.7 Å². The summed E-state index contributed by atoms with van der Waals surface area (Å²) in [5.74, 6) is -0.0827. The summed E-state index contributed by atoms with van der Waals surface area (Å²) < 4.78 is 26.7. The second kappa shape index (κ2) is 7.94. The fraction of sp³-hybridized carbons (Fsp3) is 0.450. The number of nitrogens with one attached hydrogen (secondary N) is 1. The Balaban J connectivity index is 1.37. The molecule has 150 valence electrons. The van der Waals surface area contributed by atoms with E-state index in [9.17, 15) is 13.2 Å². The van der Waals surface area contributed by atoms with E-state index in [0.717, 1.165) is 25.8 Å².